The summed E-state index contributed by atoms with van der Waals surface area (Å²) in [5.41, 5.74) is 0. The van der Waals surface area contributed by atoms with Gasteiger partial charge in [0.25, 0.3) is 0 Å². The monoisotopic (exact) mass is 144 g/mol. The van der Waals surface area contributed by atoms with Gasteiger partial charge in [-0.3, -0.25) is 0 Å². The third kappa shape index (κ3) is 3.87. The quantitative estimate of drug-likeness (QED) is 0.511. The van der Waals surface area contributed by atoms with Crippen molar-refractivity contribution in [3.63, 3.8) is 0 Å². The zero-order valence-corrected chi connectivity index (χ0v) is 7.21. The van der Waals surface area contributed by atoms with Crippen LogP contribution in [-0.2, 0) is 0 Å². The predicted molar refractivity (Wildman–Crippen MR) is 38.6 cm³/mol. The van der Waals surface area contributed by atoms with E-state index in [2.05, 4.69) is 0 Å². The molecule has 0 spiro atoms. The predicted octanol–water partition coefficient (Wildman–Crippen LogP) is 0.0848. The van der Waals surface area contributed by atoms with Gasteiger partial charge >= 0.3 is 0 Å². The maximum absolute atomic E-state index is 11.9. The van der Waals surface area contributed by atoms with Crippen molar-refractivity contribution in [2.24, 2.45) is 0 Å². The fourth-order valence-corrected chi connectivity index (χ4v) is 0.415. The highest BCUT2D eigenvalue weighted by Gasteiger charge is 1.77. The van der Waals surface area contributed by atoms with Crippen LogP contribution in [0.5, 0.6) is 0 Å². The van der Waals surface area contributed by atoms with Gasteiger partial charge in [-0.15, -0.1) is 0 Å². The highest BCUT2D eigenvalue weighted by atomic mass is 28.2. The van der Waals surface area contributed by atoms with Gasteiger partial charge in [0.2, 0.25) is 0 Å². The fourth-order valence-electron chi connectivity index (χ4n) is 0.415. The smallest absolute Gasteiger partial charge is 0.141 e. The summed E-state index contributed by atoms with van der Waals surface area (Å²) >= 11 is 0. The second-order valence-corrected chi connectivity index (χ2v) is 1.30. The Bertz CT molecular complexity index is 143. The minimum Gasteiger partial charge on any atom is -0.442 e. The molecular weight excluding hydrogens is 135 g/mol. The number of hydrogen-bond acceptors (Lipinski definition) is 1. The first kappa shape index (κ1) is 8.33. The Labute approximate surface area is 56.7 Å². The first-order valence-corrected chi connectivity index (χ1v) is 3.44. The molecule has 0 saturated heterocycles. The third-order valence-corrected chi connectivity index (χ3v) is 0.733. The molecule has 0 aliphatic carbocycles. The molecular formula is C6H9FOSi. The molecule has 1 N–H and O–H groups in total. The van der Waals surface area contributed by atoms with Crippen molar-refractivity contribution in [3.8, 4) is 0 Å². The van der Waals surface area contributed by atoms with E-state index in [1.807, 2.05) is 0 Å². The molecule has 0 aliphatic rings. The molecule has 1 nitrogen and oxygen atoms in total. The van der Waals surface area contributed by atoms with Gasteiger partial charge in [0, 0.05) is 0 Å². The molecule has 9 heavy (non-hydrogen) atoms. The number of benzene rings is 1. The molecule has 0 saturated carbocycles. The minimum atomic E-state index is -0.178. The molecule has 0 amide bonds. The number of rotatable bonds is 0. The molecule has 0 bridgehead atoms. The van der Waals surface area contributed by atoms with Crippen LogP contribution in [0.2, 0.25) is 0 Å². The minimum absolute atomic E-state index is 0.178. The number of halogens is 1. The number of hydrogen-bond donors (Lipinski definition) is 1. The fraction of sp³-hybridized carbons (Fsp3) is 0. The van der Waals surface area contributed by atoms with Crippen LogP contribution in [0.1, 0.15) is 0 Å². The van der Waals surface area contributed by atoms with Gasteiger partial charge in [-0.1, -0.05) is 18.2 Å². The van der Waals surface area contributed by atoms with Gasteiger partial charge in [-0.2, -0.15) is 0 Å². The Morgan fingerprint density at radius 1 is 1.11 bits per heavy atom. The molecule has 0 radical (unpaired) electrons. The SMILES string of the molecule is Fc1ccccc1.O[SiH3]. The van der Waals surface area contributed by atoms with E-state index in [9.17, 15) is 4.39 Å². The molecule has 0 unspecified atom stereocenters. The highest BCUT2D eigenvalue weighted by Crippen LogP contribution is 1.91. The van der Waals surface area contributed by atoms with Gasteiger partial charge in [0.15, 0.2) is 0 Å². The van der Waals surface area contributed by atoms with Crippen molar-refractivity contribution in [2.75, 3.05) is 0 Å². The molecule has 0 fully saturated rings. The molecule has 1 aromatic carbocycles. The lowest BCUT2D eigenvalue weighted by molar-refractivity contribution is 0.627. The molecule has 0 atom stereocenters. The summed E-state index contributed by atoms with van der Waals surface area (Å²) in [7, 11) is 0.306. The standard InChI is InChI=1S/C6H5F.H4OSi/c7-6-4-2-1-3-5-6;1-2/h1-5H;1H,2H3. The lowest BCUT2D eigenvalue weighted by Crippen LogP contribution is -1.63. The average Bonchev–Trinajstić information content (AvgIpc) is 1.94. The average molecular weight is 144 g/mol. The van der Waals surface area contributed by atoms with E-state index < -0.39 is 0 Å². The van der Waals surface area contributed by atoms with E-state index in [4.69, 9.17) is 4.80 Å². The Morgan fingerprint density at radius 2 is 1.56 bits per heavy atom. The summed E-state index contributed by atoms with van der Waals surface area (Å²) in [5.74, 6) is -0.178. The van der Waals surface area contributed by atoms with Crippen LogP contribution in [0, 0.1) is 5.82 Å². The van der Waals surface area contributed by atoms with Crippen molar-refractivity contribution in [1.29, 1.82) is 0 Å². The first-order valence-electron chi connectivity index (χ1n) is 2.55. The van der Waals surface area contributed by atoms with Crippen LogP contribution in [-0.4, -0.2) is 15.3 Å². The molecule has 50 valence electrons. The third-order valence-electron chi connectivity index (χ3n) is 0.733. The summed E-state index contributed by atoms with van der Waals surface area (Å²) in [6.07, 6.45) is 0. The molecule has 0 aliphatic heterocycles. The van der Waals surface area contributed by atoms with Crippen molar-refractivity contribution >= 4 is 10.5 Å². The zero-order chi connectivity index (χ0) is 7.11. The van der Waals surface area contributed by atoms with Crippen LogP contribution in [0.25, 0.3) is 0 Å². The normalized spacial score (nSPS) is 7.78. The molecule has 3 heteroatoms. The Hall–Kier alpha value is -0.673. The van der Waals surface area contributed by atoms with Crippen molar-refractivity contribution in [2.45, 2.75) is 0 Å². The first-order chi connectivity index (χ1) is 4.39. The van der Waals surface area contributed by atoms with Gasteiger partial charge in [-0.25, -0.2) is 4.39 Å². The van der Waals surface area contributed by atoms with E-state index in [0.29, 0.717) is 10.5 Å². The molecule has 0 heterocycles. The second kappa shape index (κ2) is 5.46. The zero-order valence-electron chi connectivity index (χ0n) is 5.21. The highest BCUT2D eigenvalue weighted by molar-refractivity contribution is 5.95. The lowest BCUT2D eigenvalue weighted by atomic mass is 10.4. The molecule has 1 aromatic rings. The summed E-state index contributed by atoms with van der Waals surface area (Å²) in [4.78, 5) is 7.14. The van der Waals surface area contributed by atoms with Crippen molar-refractivity contribution in [1.82, 2.24) is 0 Å². The molecule has 0 aromatic heterocycles. The topological polar surface area (TPSA) is 20.2 Å². The van der Waals surface area contributed by atoms with E-state index in [0.717, 1.165) is 0 Å². The summed E-state index contributed by atoms with van der Waals surface area (Å²) in [6, 6.07) is 7.94. The van der Waals surface area contributed by atoms with Crippen LogP contribution in [0.3, 0.4) is 0 Å². The van der Waals surface area contributed by atoms with Gasteiger partial charge in [0.1, 0.15) is 16.3 Å². The molecule has 1 rings (SSSR count). The van der Waals surface area contributed by atoms with Crippen molar-refractivity contribution < 1.29 is 9.19 Å². The maximum Gasteiger partial charge on any atom is 0.141 e. The van der Waals surface area contributed by atoms with Crippen LogP contribution < -0.4 is 0 Å². The summed E-state index contributed by atoms with van der Waals surface area (Å²) < 4.78 is 11.9. The van der Waals surface area contributed by atoms with Gasteiger partial charge < -0.3 is 4.80 Å². The van der Waals surface area contributed by atoms with Crippen LogP contribution in [0.15, 0.2) is 30.3 Å². The van der Waals surface area contributed by atoms with E-state index in [1.54, 1.807) is 18.2 Å². The Morgan fingerprint density at radius 3 is 1.78 bits per heavy atom. The van der Waals surface area contributed by atoms with Gasteiger partial charge in [-0.05, 0) is 12.1 Å². The van der Waals surface area contributed by atoms with Crippen molar-refractivity contribution in [3.05, 3.63) is 36.1 Å². The van der Waals surface area contributed by atoms with E-state index >= 15 is 0 Å². The van der Waals surface area contributed by atoms with Gasteiger partial charge in [0.05, 0.1) is 0 Å². The summed E-state index contributed by atoms with van der Waals surface area (Å²) in [5, 5.41) is 0. The largest absolute Gasteiger partial charge is 0.442 e. The Kier molecular flexibility index (Phi) is 5.05. The maximum atomic E-state index is 11.9. The Balaban J connectivity index is 0.000000291. The van der Waals surface area contributed by atoms with E-state index in [-0.39, 0.29) is 5.82 Å². The lowest BCUT2D eigenvalue weighted by Gasteiger charge is -1.78. The van der Waals surface area contributed by atoms with E-state index in [1.165, 1.54) is 12.1 Å². The second-order valence-electron chi connectivity index (χ2n) is 1.30. The summed E-state index contributed by atoms with van der Waals surface area (Å²) in [6.45, 7) is 0. The van der Waals surface area contributed by atoms with Crippen LogP contribution in [0.4, 0.5) is 4.39 Å². The van der Waals surface area contributed by atoms with Crippen LogP contribution >= 0.6 is 0 Å².